The topological polar surface area (TPSA) is 189 Å². The number of piperidine rings is 2. The first-order valence-corrected chi connectivity index (χ1v) is 20.9. The first kappa shape index (κ1) is 40.9. The Morgan fingerprint density at radius 2 is 1.62 bits per heavy atom. The fraction of sp³-hybridized carbons (Fsp3) is 0.512. The molecule has 2 aromatic carbocycles. The Balaban J connectivity index is 0.732. The summed E-state index contributed by atoms with van der Waals surface area (Å²) in [5.41, 5.74) is 4.11. The molecule has 15 nitrogen and oxygen atoms in total. The van der Waals surface area contributed by atoms with E-state index in [1.807, 2.05) is 6.07 Å². The number of aromatic nitrogens is 2. The van der Waals surface area contributed by atoms with E-state index < -0.39 is 35.8 Å². The summed E-state index contributed by atoms with van der Waals surface area (Å²) in [4.78, 5) is 77.5. The monoisotopic (exact) mass is 793 g/mol. The van der Waals surface area contributed by atoms with E-state index in [1.54, 1.807) is 24.3 Å². The Morgan fingerprint density at radius 1 is 0.845 bits per heavy atom. The molecule has 308 valence electrons. The quantitative estimate of drug-likeness (QED) is 0.0935. The minimum Gasteiger partial charge on any atom is -0.390 e. The van der Waals surface area contributed by atoms with E-state index in [0.717, 1.165) is 89.0 Å². The molecular weight excluding hydrogens is 739 g/mol. The van der Waals surface area contributed by atoms with Crippen molar-refractivity contribution in [2.45, 2.75) is 95.4 Å². The molecular formula is C43H55N9O6. The number of rotatable bonds is 18. The smallest absolute Gasteiger partial charge is 0.270 e. The van der Waals surface area contributed by atoms with Gasteiger partial charge in [0, 0.05) is 70.0 Å². The molecule has 2 fully saturated rings. The highest BCUT2D eigenvalue weighted by Crippen LogP contribution is 2.32. The molecule has 2 atom stereocenters. The van der Waals surface area contributed by atoms with E-state index >= 15 is 0 Å². The molecule has 58 heavy (non-hydrogen) atoms. The lowest BCUT2D eigenvalue weighted by molar-refractivity contribution is -0.136. The molecule has 7 rings (SSSR count). The second-order valence-corrected chi connectivity index (χ2v) is 15.9. The second-order valence-electron chi connectivity index (χ2n) is 15.9. The number of aliphatic hydroxyl groups is 1. The number of benzene rings is 2. The van der Waals surface area contributed by atoms with Crippen LogP contribution >= 0.6 is 0 Å². The van der Waals surface area contributed by atoms with Gasteiger partial charge in [0.05, 0.1) is 17.2 Å². The van der Waals surface area contributed by atoms with Gasteiger partial charge in [0.1, 0.15) is 23.9 Å². The summed E-state index contributed by atoms with van der Waals surface area (Å²) in [7, 11) is 0. The number of anilines is 2. The van der Waals surface area contributed by atoms with Gasteiger partial charge in [0.15, 0.2) is 0 Å². The number of hydrogen-bond acceptors (Lipinski definition) is 12. The van der Waals surface area contributed by atoms with E-state index in [1.165, 1.54) is 23.9 Å². The molecule has 4 aliphatic rings. The molecule has 5 heterocycles. The molecule has 1 unspecified atom stereocenters. The van der Waals surface area contributed by atoms with Gasteiger partial charge in [-0.25, -0.2) is 9.97 Å². The summed E-state index contributed by atoms with van der Waals surface area (Å²) in [5.74, 6) is -1.69. The highest BCUT2D eigenvalue weighted by Gasteiger charge is 2.45. The van der Waals surface area contributed by atoms with E-state index in [2.05, 4.69) is 59.2 Å². The first-order valence-electron chi connectivity index (χ1n) is 20.9. The van der Waals surface area contributed by atoms with Crippen molar-refractivity contribution in [3.05, 3.63) is 82.8 Å². The summed E-state index contributed by atoms with van der Waals surface area (Å²) >= 11 is 0. The lowest BCUT2D eigenvalue weighted by Crippen LogP contribution is -2.54. The third-order valence-corrected chi connectivity index (χ3v) is 11.7. The van der Waals surface area contributed by atoms with Crippen LogP contribution in [0.3, 0.4) is 0 Å². The number of carbonyl (C=O) groups excluding carboxylic acids is 5. The van der Waals surface area contributed by atoms with Crippen LogP contribution < -0.4 is 21.3 Å². The zero-order valence-electron chi connectivity index (χ0n) is 33.1. The number of imide groups is 2. The Kier molecular flexibility index (Phi) is 13.7. The predicted molar refractivity (Wildman–Crippen MR) is 218 cm³/mol. The van der Waals surface area contributed by atoms with Crippen LogP contribution in [0.5, 0.6) is 0 Å². The van der Waals surface area contributed by atoms with Crippen molar-refractivity contribution in [1.82, 2.24) is 35.3 Å². The summed E-state index contributed by atoms with van der Waals surface area (Å²) in [6.07, 6.45) is 10.5. The van der Waals surface area contributed by atoms with E-state index in [4.69, 9.17) is 0 Å². The molecule has 5 amide bonds. The van der Waals surface area contributed by atoms with Crippen LogP contribution in [0, 0.1) is 0 Å². The van der Waals surface area contributed by atoms with Gasteiger partial charge < -0.3 is 26.0 Å². The first-order chi connectivity index (χ1) is 28.2. The van der Waals surface area contributed by atoms with Crippen LogP contribution in [0.4, 0.5) is 11.5 Å². The normalized spacial score (nSPS) is 19.4. The van der Waals surface area contributed by atoms with Crippen LogP contribution in [0.2, 0.25) is 0 Å². The number of β-amino-alcohol motifs (C(OH)–C–C–N with tert-alkyl or cyclic N) is 1. The molecule has 0 radical (unpaired) electrons. The third kappa shape index (κ3) is 10.2. The van der Waals surface area contributed by atoms with Gasteiger partial charge in [-0.05, 0) is 68.3 Å². The van der Waals surface area contributed by atoms with Gasteiger partial charge in [-0.1, -0.05) is 56.0 Å². The number of nitrogens with zero attached hydrogens (tertiary/aromatic N) is 5. The molecule has 0 saturated carbocycles. The SMILES string of the molecule is O=C1CCC(N2C(=O)c3cccc(NCCCCCCCCN4CCC(Nc5cc(C(=O)NC[C@H](O)CN6CCc7ccccc7C6)ncn5)CC4)c3C2=O)C(=O)N1. The number of nitrogens with one attached hydrogen (secondary N) is 4. The number of carbonyl (C=O) groups is 5. The van der Waals surface area contributed by atoms with Gasteiger partial charge in [0.2, 0.25) is 11.8 Å². The predicted octanol–water partition coefficient (Wildman–Crippen LogP) is 3.36. The van der Waals surface area contributed by atoms with Crippen LogP contribution in [0.25, 0.3) is 0 Å². The van der Waals surface area contributed by atoms with Gasteiger partial charge in [-0.3, -0.25) is 39.1 Å². The van der Waals surface area contributed by atoms with E-state index in [-0.39, 0.29) is 42.6 Å². The zero-order chi connectivity index (χ0) is 40.4. The van der Waals surface area contributed by atoms with Gasteiger partial charge in [-0.15, -0.1) is 0 Å². The average molecular weight is 794 g/mol. The highest BCUT2D eigenvalue weighted by atomic mass is 16.3. The Hall–Kier alpha value is -5.25. The number of amides is 5. The highest BCUT2D eigenvalue weighted by molar-refractivity contribution is 6.25. The Labute approximate surface area is 339 Å². The second kappa shape index (κ2) is 19.5. The molecule has 4 aliphatic heterocycles. The van der Waals surface area contributed by atoms with Crippen LogP contribution in [0.1, 0.15) is 107 Å². The fourth-order valence-electron chi connectivity index (χ4n) is 8.50. The lowest BCUT2D eigenvalue weighted by atomic mass is 10.00. The summed E-state index contributed by atoms with van der Waals surface area (Å²) in [6, 6.07) is 14.5. The van der Waals surface area contributed by atoms with Crippen molar-refractivity contribution in [2.24, 2.45) is 0 Å². The summed E-state index contributed by atoms with van der Waals surface area (Å²) in [6.45, 7) is 6.09. The molecule has 2 saturated heterocycles. The maximum Gasteiger partial charge on any atom is 0.270 e. The van der Waals surface area contributed by atoms with Crippen molar-refractivity contribution in [1.29, 1.82) is 0 Å². The lowest BCUT2D eigenvalue weighted by Gasteiger charge is -2.32. The van der Waals surface area contributed by atoms with Crippen molar-refractivity contribution >= 4 is 41.0 Å². The third-order valence-electron chi connectivity index (χ3n) is 11.7. The van der Waals surface area contributed by atoms with Crippen LogP contribution in [0.15, 0.2) is 54.9 Å². The minimum absolute atomic E-state index is 0.0911. The van der Waals surface area contributed by atoms with Crippen LogP contribution in [-0.4, -0.2) is 123 Å². The number of likely N-dealkylation sites (tertiary alicyclic amines) is 1. The number of hydrogen-bond donors (Lipinski definition) is 5. The van der Waals surface area contributed by atoms with E-state index in [0.29, 0.717) is 30.2 Å². The number of unbranched alkanes of at least 4 members (excludes halogenated alkanes) is 5. The van der Waals surface area contributed by atoms with Crippen molar-refractivity contribution in [3.63, 3.8) is 0 Å². The Morgan fingerprint density at radius 3 is 2.43 bits per heavy atom. The van der Waals surface area contributed by atoms with Gasteiger partial charge >= 0.3 is 0 Å². The molecule has 3 aromatic rings. The van der Waals surface area contributed by atoms with Crippen molar-refractivity contribution < 1.29 is 29.1 Å². The number of fused-ring (bicyclic) bond motifs is 2. The molecule has 5 N–H and O–H groups in total. The molecule has 0 spiro atoms. The Bertz CT molecular complexity index is 1970. The average Bonchev–Trinajstić information content (AvgIpc) is 3.48. The standard InChI is InChI=1S/C43H55N9O6/c53-32(27-51-21-16-29-10-5-6-11-30(29)26-51)25-45-40(55)35-24-37(47-28-46-35)48-31-17-22-50(23-18-31)20-8-4-2-1-3-7-19-44-34-13-9-12-33-39(34)43(58)52(42(33)57)36-14-15-38(54)49-41(36)56/h5-6,9-13,24,28,31-32,36,44,53H,1-4,7-8,14-23,25-27H2,(H,45,55)(H,46,47,48)(H,49,54,56)/t32-,36?/m0/s1. The maximum absolute atomic E-state index is 13.3. The van der Waals surface area contributed by atoms with E-state index in [9.17, 15) is 29.1 Å². The van der Waals surface area contributed by atoms with Crippen LogP contribution in [-0.2, 0) is 22.6 Å². The summed E-state index contributed by atoms with van der Waals surface area (Å²) in [5, 5.41) is 22.5. The summed E-state index contributed by atoms with van der Waals surface area (Å²) < 4.78 is 0. The zero-order valence-corrected chi connectivity index (χ0v) is 33.1. The van der Waals surface area contributed by atoms with Gasteiger partial charge in [0.25, 0.3) is 17.7 Å². The molecule has 15 heteroatoms. The minimum atomic E-state index is -0.975. The molecule has 0 bridgehead atoms. The number of aliphatic hydroxyl groups excluding tert-OH is 1. The molecule has 1 aromatic heterocycles. The van der Waals surface area contributed by atoms with Crippen molar-refractivity contribution in [3.8, 4) is 0 Å². The molecule has 0 aliphatic carbocycles. The van der Waals surface area contributed by atoms with Gasteiger partial charge in [-0.2, -0.15) is 0 Å². The van der Waals surface area contributed by atoms with Crippen molar-refractivity contribution in [2.75, 3.05) is 56.4 Å². The fourth-order valence-corrected chi connectivity index (χ4v) is 8.50. The maximum atomic E-state index is 13.3. The largest absolute Gasteiger partial charge is 0.390 e.